The van der Waals surface area contributed by atoms with Gasteiger partial charge in [0.2, 0.25) is 5.91 Å². The van der Waals surface area contributed by atoms with Crippen LogP contribution in [0.4, 0.5) is 10.5 Å². The number of rotatable bonds is 7. The van der Waals surface area contributed by atoms with Crippen molar-refractivity contribution in [2.75, 3.05) is 11.9 Å². The van der Waals surface area contributed by atoms with E-state index in [0.717, 1.165) is 37.8 Å². The highest BCUT2D eigenvalue weighted by molar-refractivity contribution is 9.10. The minimum absolute atomic E-state index is 0.233. The molecule has 4 rings (SSSR count). The largest absolute Gasteiger partial charge is 0.488 e. The first-order chi connectivity index (χ1) is 16.8. The van der Waals surface area contributed by atoms with Crippen molar-refractivity contribution in [2.24, 2.45) is 0 Å². The van der Waals surface area contributed by atoms with Gasteiger partial charge in [-0.3, -0.25) is 19.3 Å². The number of hydrogen-bond acceptors (Lipinski definition) is 5. The molecule has 1 saturated heterocycles. The first-order valence-corrected chi connectivity index (χ1v) is 12.5. The minimum Gasteiger partial charge on any atom is -0.488 e. The van der Waals surface area contributed by atoms with E-state index < -0.39 is 17.1 Å². The molecular weight excluding hydrogens is 528 g/mol. The predicted octanol–water partition coefficient (Wildman–Crippen LogP) is 6.32. The van der Waals surface area contributed by atoms with E-state index in [-0.39, 0.29) is 11.4 Å². The molecule has 1 N–H and O–H groups in total. The van der Waals surface area contributed by atoms with Gasteiger partial charge in [0.05, 0.1) is 4.91 Å². The van der Waals surface area contributed by atoms with E-state index in [2.05, 4.69) is 21.2 Å². The Bertz CT molecular complexity index is 1320. The molecule has 0 atom stereocenters. The molecule has 1 fully saturated rings. The van der Waals surface area contributed by atoms with Gasteiger partial charge in [-0.1, -0.05) is 52.3 Å². The van der Waals surface area contributed by atoms with Gasteiger partial charge in [0.1, 0.15) is 18.9 Å². The predicted molar refractivity (Wildman–Crippen MR) is 142 cm³/mol. The van der Waals surface area contributed by atoms with Crippen LogP contribution in [0.5, 0.6) is 5.75 Å². The summed E-state index contributed by atoms with van der Waals surface area (Å²) < 4.78 is 6.79. The summed E-state index contributed by atoms with van der Waals surface area (Å²) in [6, 6.07) is 20.8. The zero-order valence-corrected chi connectivity index (χ0v) is 21.6. The summed E-state index contributed by atoms with van der Waals surface area (Å²) in [6.45, 7) is 3.94. The van der Waals surface area contributed by atoms with Crippen LogP contribution in [0.1, 0.15) is 22.3 Å². The van der Waals surface area contributed by atoms with Crippen molar-refractivity contribution in [1.82, 2.24) is 4.90 Å². The van der Waals surface area contributed by atoms with E-state index in [0.29, 0.717) is 23.6 Å². The number of anilines is 1. The van der Waals surface area contributed by atoms with Crippen molar-refractivity contribution >= 4 is 56.5 Å². The van der Waals surface area contributed by atoms with Crippen molar-refractivity contribution < 1.29 is 19.1 Å². The quantitative estimate of drug-likeness (QED) is 0.348. The molecule has 3 aromatic rings. The molecule has 178 valence electrons. The molecule has 8 heteroatoms. The van der Waals surface area contributed by atoms with Crippen molar-refractivity contribution in [3.05, 3.63) is 98.4 Å². The fourth-order valence-corrected chi connectivity index (χ4v) is 4.65. The van der Waals surface area contributed by atoms with E-state index in [1.807, 2.05) is 68.4 Å². The van der Waals surface area contributed by atoms with Gasteiger partial charge in [-0.05, 0) is 78.7 Å². The summed E-state index contributed by atoms with van der Waals surface area (Å²) in [7, 11) is 0. The number of ether oxygens (including phenoxy) is 1. The maximum atomic E-state index is 13.0. The highest BCUT2D eigenvalue weighted by atomic mass is 79.9. The van der Waals surface area contributed by atoms with Gasteiger partial charge in [0.15, 0.2) is 0 Å². The Hall–Kier alpha value is -3.36. The Morgan fingerprint density at radius 1 is 1.03 bits per heavy atom. The van der Waals surface area contributed by atoms with Gasteiger partial charge in [0, 0.05) is 15.7 Å². The van der Waals surface area contributed by atoms with E-state index in [9.17, 15) is 14.4 Å². The van der Waals surface area contributed by atoms with Crippen molar-refractivity contribution in [3.8, 4) is 5.75 Å². The lowest BCUT2D eigenvalue weighted by atomic mass is 10.1. The van der Waals surface area contributed by atoms with Gasteiger partial charge in [0.25, 0.3) is 11.1 Å². The lowest BCUT2D eigenvalue weighted by molar-refractivity contribution is -0.127. The van der Waals surface area contributed by atoms with Gasteiger partial charge in [-0.25, -0.2) is 0 Å². The first-order valence-electron chi connectivity index (χ1n) is 10.9. The molecule has 0 aliphatic carbocycles. The van der Waals surface area contributed by atoms with Crippen LogP contribution in [0.2, 0.25) is 0 Å². The Labute approximate surface area is 216 Å². The number of aryl methyl sites for hydroxylation is 2. The van der Waals surface area contributed by atoms with E-state index in [1.54, 1.807) is 18.2 Å². The third-order valence-corrected chi connectivity index (χ3v) is 6.86. The van der Waals surface area contributed by atoms with Crippen LogP contribution in [0, 0.1) is 13.8 Å². The standard InChI is InChI=1S/C27H23BrN2O4S/c1-17-8-10-22(12-18(17)2)29-25(31)15-30-26(32)24(35-27(30)33)14-20-13-21(28)9-11-23(20)34-16-19-6-4-3-5-7-19/h3-14H,15-16H2,1-2H3,(H,29,31)/b24-14+. The van der Waals surface area contributed by atoms with Crippen LogP contribution in [0.15, 0.2) is 76.1 Å². The monoisotopic (exact) mass is 550 g/mol. The molecule has 0 bridgehead atoms. The number of hydrogen-bond donors (Lipinski definition) is 1. The molecule has 35 heavy (non-hydrogen) atoms. The van der Waals surface area contributed by atoms with Gasteiger partial charge < -0.3 is 10.1 Å². The van der Waals surface area contributed by atoms with Crippen LogP contribution >= 0.6 is 27.7 Å². The molecule has 0 spiro atoms. The van der Waals surface area contributed by atoms with E-state index in [4.69, 9.17) is 4.74 Å². The van der Waals surface area contributed by atoms with Crippen molar-refractivity contribution in [2.45, 2.75) is 20.5 Å². The Balaban J connectivity index is 1.47. The summed E-state index contributed by atoms with van der Waals surface area (Å²) in [6.07, 6.45) is 1.62. The number of amides is 3. The van der Waals surface area contributed by atoms with Gasteiger partial charge in [-0.15, -0.1) is 0 Å². The van der Waals surface area contributed by atoms with E-state index in [1.165, 1.54) is 0 Å². The lowest BCUT2D eigenvalue weighted by Gasteiger charge is -2.13. The van der Waals surface area contributed by atoms with Gasteiger partial charge in [-0.2, -0.15) is 0 Å². The third-order valence-electron chi connectivity index (χ3n) is 5.46. The SMILES string of the molecule is Cc1ccc(NC(=O)CN2C(=O)S/C(=C/c3cc(Br)ccc3OCc3ccccc3)C2=O)cc1C. The van der Waals surface area contributed by atoms with Crippen LogP contribution in [-0.2, 0) is 16.2 Å². The zero-order chi connectivity index (χ0) is 24.9. The summed E-state index contributed by atoms with van der Waals surface area (Å²) in [4.78, 5) is 39.2. The zero-order valence-electron chi connectivity index (χ0n) is 19.2. The second kappa shape index (κ2) is 10.9. The average Bonchev–Trinajstić information content (AvgIpc) is 3.09. The maximum Gasteiger partial charge on any atom is 0.294 e. The Kier molecular flexibility index (Phi) is 7.73. The maximum absolute atomic E-state index is 13.0. The molecule has 1 aliphatic heterocycles. The molecule has 0 unspecified atom stereocenters. The molecular formula is C27H23BrN2O4S. The summed E-state index contributed by atoms with van der Waals surface area (Å²) in [5.74, 6) is -0.369. The molecule has 0 aromatic heterocycles. The third kappa shape index (κ3) is 6.21. The fourth-order valence-electron chi connectivity index (χ4n) is 3.44. The number of halogens is 1. The van der Waals surface area contributed by atoms with Crippen molar-refractivity contribution in [1.29, 1.82) is 0 Å². The molecule has 1 aliphatic rings. The second-order valence-electron chi connectivity index (χ2n) is 8.07. The molecule has 1 heterocycles. The number of nitrogens with zero attached hydrogens (tertiary/aromatic N) is 1. The van der Waals surface area contributed by atoms with Crippen molar-refractivity contribution in [3.63, 3.8) is 0 Å². The summed E-state index contributed by atoms with van der Waals surface area (Å²) in [5.41, 5.74) is 4.43. The lowest BCUT2D eigenvalue weighted by Crippen LogP contribution is -2.36. The molecule has 0 radical (unpaired) electrons. The number of thioether (sulfide) groups is 1. The van der Waals surface area contributed by atoms with E-state index >= 15 is 0 Å². The minimum atomic E-state index is -0.510. The molecule has 3 amide bonds. The first kappa shape index (κ1) is 24.8. The summed E-state index contributed by atoms with van der Waals surface area (Å²) in [5, 5.41) is 2.26. The smallest absolute Gasteiger partial charge is 0.294 e. The van der Waals surface area contributed by atoms with Crippen LogP contribution in [-0.4, -0.2) is 28.5 Å². The fraction of sp³-hybridized carbons (Fsp3) is 0.148. The Morgan fingerprint density at radius 3 is 2.54 bits per heavy atom. The van der Waals surface area contributed by atoms with Crippen LogP contribution < -0.4 is 10.1 Å². The number of benzene rings is 3. The second-order valence-corrected chi connectivity index (χ2v) is 9.98. The van der Waals surface area contributed by atoms with Gasteiger partial charge >= 0.3 is 0 Å². The van der Waals surface area contributed by atoms with Crippen LogP contribution in [0.25, 0.3) is 6.08 Å². The molecule has 3 aromatic carbocycles. The number of nitrogens with one attached hydrogen (secondary N) is 1. The number of carbonyl (C=O) groups is 3. The highest BCUT2D eigenvalue weighted by Gasteiger charge is 2.36. The number of imide groups is 1. The number of carbonyl (C=O) groups excluding carboxylic acids is 3. The average molecular weight is 551 g/mol. The Morgan fingerprint density at radius 2 is 1.80 bits per heavy atom. The molecule has 6 nitrogen and oxygen atoms in total. The topological polar surface area (TPSA) is 75.7 Å². The summed E-state index contributed by atoms with van der Waals surface area (Å²) >= 11 is 4.25. The highest BCUT2D eigenvalue weighted by Crippen LogP contribution is 2.35. The van der Waals surface area contributed by atoms with Crippen LogP contribution in [0.3, 0.4) is 0 Å². The normalized spacial score (nSPS) is 14.5. The molecule has 0 saturated carbocycles.